The van der Waals surface area contributed by atoms with Gasteiger partial charge in [0.25, 0.3) is 5.56 Å². The van der Waals surface area contributed by atoms with Crippen LogP contribution in [0.5, 0.6) is 0 Å². The van der Waals surface area contributed by atoms with Crippen molar-refractivity contribution in [1.29, 1.82) is 0 Å². The van der Waals surface area contributed by atoms with Crippen LogP contribution in [0.1, 0.15) is 53.1 Å². The van der Waals surface area contributed by atoms with Gasteiger partial charge in [0, 0.05) is 28.6 Å². The quantitative estimate of drug-likeness (QED) is 0.315. The van der Waals surface area contributed by atoms with E-state index in [9.17, 15) is 14.7 Å². The highest BCUT2D eigenvalue weighted by molar-refractivity contribution is 5.91. The Hall–Kier alpha value is -3.84. The van der Waals surface area contributed by atoms with Crippen LogP contribution in [-0.4, -0.2) is 20.6 Å². The molecule has 1 N–H and O–H groups in total. The van der Waals surface area contributed by atoms with Crippen molar-refractivity contribution in [2.45, 2.75) is 58.9 Å². The molecule has 6 rings (SSSR count). The number of aryl methyl sites for hydroxylation is 2. The first-order valence-corrected chi connectivity index (χ1v) is 12.3. The molecule has 5 heterocycles. The van der Waals surface area contributed by atoms with Gasteiger partial charge in [-0.25, -0.2) is 9.55 Å². The van der Waals surface area contributed by atoms with E-state index in [4.69, 9.17) is 9.72 Å². The van der Waals surface area contributed by atoms with E-state index >= 15 is 0 Å². The van der Waals surface area contributed by atoms with Crippen molar-refractivity contribution in [2.24, 2.45) is 0 Å². The minimum absolute atomic E-state index is 0.133. The maximum atomic E-state index is 13.7. The molecular formula is C29H28N3O4+. The van der Waals surface area contributed by atoms with Crippen molar-refractivity contribution in [2.75, 3.05) is 0 Å². The van der Waals surface area contributed by atoms with Crippen LogP contribution in [0, 0.1) is 13.8 Å². The third kappa shape index (κ3) is 3.38. The number of aromatic nitrogens is 3. The highest BCUT2D eigenvalue weighted by Crippen LogP contribution is 2.41. The maximum absolute atomic E-state index is 13.7. The fraction of sp³-hybridized carbons (Fsp3) is 0.310. The molecule has 0 fully saturated rings. The third-order valence-corrected chi connectivity index (χ3v) is 7.62. The maximum Gasteiger partial charge on any atom is 0.309 e. The molecule has 0 radical (unpaired) electrons. The average Bonchev–Trinajstić information content (AvgIpc) is 3.15. The van der Waals surface area contributed by atoms with Crippen LogP contribution in [0.25, 0.3) is 22.3 Å². The number of carbonyl (C=O) groups is 1. The van der Waals surface area contributed by atoms with Crippen molar-refractivity contribution in [3.63, 3.8) is 0 Å². The fourth-order valence-corrected chi connectivity index (χ4v) is 5.80. The molecule has 2 aliphatic heterocycles. The minimum atomic E-state index is -1.45. The number of rotatable bonds is 3. The molecule has 7 nitrogen and oxygen atoms in total. The van der Waals surface area contributed by atoms with Crippen molar-refractivity contribution in [3.05, 3.63) is 92.5 Å². The Morgan fingerprint density at radius 1 is 1.11 bits per heavy atom. The topological polar surface area (TPSA) is 85.3 Å². The summed E-state index contributed by atoms with van der Waals surface area (Å²) in [5.74, 6) is -0.502. The van der Waals surface area contributed by atoms with Gasteiger partial charge >= 0.3 is 5.97 Å². The van der Waals surface area contributed by atoms with E-state index in [2.05, 4.69) is 30.5 Å². The first kappa shape index (κ1) is 22.6. The number of benzene rings is 1. The number of aliphatic hydroxyl groups is 1. The highest BCUT2D eigenvalue weighted by atomic mass is 16.5. The summed E-state index contributed by atoms with van der Waals surface area (Å²) in [4.78, 5) is 31.0. The number of ether oxygens (including phenoxy) is 1. The van der Waals surface area contributed by atoms with E-state index < -0.39 is 11.6 Å². The van der Waals surface area contributed by atoms with Crippen LogP contribution in [0.15, 0.2) is 53.6 Å². The molecule has 182 valence electrons. The van der Waals surface area contributed by atoms with Crippen LogP contribution >= 0.6 is 0 Å². The van der Waals surface area contributed by atoms with Gasteiger partial charge in [0.05, 0.1) is 35.4 Å². The first-order valence-electron chi connectivity index (χ1n) is 12.3. The Labute approximate surface area is 208 Å². The summed E-state index contributed by atoms with van der Waals surface area (Å²) in [6.45, 7) is 6.87. The van der Waals surface area contributed by atoms with Gasteiger partial charge in [0.15, 0.2) is 18.9 Å². The SMILES string of the molecule is CCC1(O)CC(=O)OCc2c1cc1n(c2=O)Cc2c-1nc1cc(C)cc(C)c1c2C[n+]1ccccc1. The second kappa shape index (κ2) is 8.10. The predicted molar refractivity (Wildman–Crippen MR) is 134 cm³/mol. The molecule has 2 aliphatic rings. The molecule has 0 saturated carbocycles. The highest BCUT2D eigenvalue weighted by Gasteiger charge is 2.40. The molecule has 0 bridgehead atoms. The molecule has 0 amide bonds. The second-order valence-electron chi connectivity index (χ2n) is 9.98. The predicted octanol–water partition coefficient (Wildman–Crippen LogP) is 3.42. The van der Waals surface area contributed by atoms with E-state index in [1.54, 1.807) is 4.57 Å². The molecular weight excluding hydrogens is 454 g/mol. The van der Waals surface area contributed by atoms with Gasteiger partial charge in [-0.2, -0.15) is 0 Å². The number of pyridine rings is 3. The monoisotopic (exact) mass is 482 g/mol. The lowest BCUT2D eigenvalue weighted by atomic mass is 9.85. The number of nitrogens with zero attached hydrogens (tertiary/aromatic N) is 3. The Bertz CT molecular complexity index is 1620. The number of esters is 1. The van der Waals surface area contributed by atoms with E-state index in [0.717, 1.165) is 38.9 Å². The molecule has 36 heavy (non-hydrogen) atoms. The average molecular weight is 483 g/mol. The van der Waals surface area contributed by atoms with Crippen molar-refractivity contribution in [1.82, 2.24) is 9.55 Å². The molecule has 3 aromatic heterocycles. The number of fused-ring (bicyclic) bond motifs is 5. The van der Waals surface area contributed by atoms with Gasteiger partial charge in [-0.1, -0.05) is 19.1 Å². The van der Waals surface area contributed by atoms with Gasteiger partial charge in [0.2, 0.25) is 0 Å². The van der Waals surface area contributed by atoms with Crippen LogP contribution in [0.2, 0.25) is 0 Å². The normalized spacial score (nSPS) is 18.4. The third-order valence-electron chi connectivity index (χ3n) is 7.62. The minimum Gasteiger partial charge on any atom is -0.460 e. The van der Waals surface area contributed by atoms with Gasteiger partial charge in [-0.3, -0.25) is 9.59 Å². The largest absolute Gasteiger partial charge is 0.460 e. The van der Waals surface area contributed by atoms with E-state index in [1.165, 1.54) is 0 Å². The van der Waals surface area contributed by atoms with Crippen molar-refractivity contribution < 1.29 is 19.2 Å². The summed E-state index contributed by atoms with van der Waals surface area (Å²) in [7, 11) is 0. The zero-order chi connectivity index (χ0) is 25.2. The second-order valence-corrected chi connectivity index (χ2v) is 9.98. The summed E-state index contributed by atoms with van der Waals surface area (Å²) in [5.41, 5.74) is 5.88. The van der Waals surface area contributed by atoms with E-state index in [0.29, 0.717) is 36.3 Å². The molecule has 0 saturated heterocycles. The van der Waals surface area contributed by atoms with Gasteiger partial charge in [-0.15, -0.1) is 0 Å². The number of hydrogen-bond acceptors (Lipinski definition) is 5. The summed E-state index contributed by atoms with van der Waals surface area (Å²) < 4.78 is 9.15. The summed E-state index contributed by atoms with van der Waals surface area (Å²) in [6.07, 6.45) is 4.19. The van der Waals surface area contributed by atoms with E-state index in [-0.39, 0.29) is 18.6 Å². The lowest BCUT2D eigenvalue weighted by Gasteiger charge is -2.26. The molecule has 0 aliphatic carbocycles. The summed E-state index contributed by atoms with van der Waals surface area (Å²) >= 11 is 0. The zero-order valence-electron chi connectivity index (χ0n) is 20.7. The first-order chi connectivity index (χ1) is 17.3. The lowest BCUT2D eigenvalue weighted by Crippen LogP contribution is -2.34. The molecule has 1 unspecified atom stereocenters. The smallest absolute Gasteiger partial charge is 0.309 e. The Morgan fingerprint density at radius 2 is 1.89 bits per heavy atom. The van der Waals surface area contributed by atoms with Crippen molar-refractivity contribution in [3.8, 4) is 11.4 Å². The van der Waals surface area contributed by atoms with Gasteiger partial charge < -0.3 is 14.4 Å². The number of carbonyl (C=O) groups excluding carboxylic acids is 1. The van der Waals surface area contributed by atoms with E-state index in [1.807, 2.05) is 43.6 Å². The van der Waals surface area contributed by atoms with Crippen molar-refractivity contribution >= 4 is 16.9 Å². The Morgan fingerprint density at radius 3 is 2.64 bits per heavy atom. The number of hydrogen-bond donors (Lipinski definition) is 1. The van der Waals surface area contributed by atoms with Crippen LogP contribution in [0.4, 0.5) is 0 Å². The summed E-state index contributed by atoms with van der Waals surface area (Å²) in [5, 5.41) is 12.5. The number of cyclic esters (lactones) is 1. The standard InChI is InChI=1S/C29H28N3O4/c1-4-29(35)13-25(33)36-16-21-22(29)12-24-27-20(15-32(24)28(21)34)19(14-31-8-6-5-7-9-31)26-18(3)10-17(2)11-23(26)30-27/h5-12,35H,4,13-16H2,1-3H3/q+1. The van der Waals surface area contributed by atoms with Crippen LogP contribution in [0.3, 0.4) is 0 Å². The van der Waals surface area contributed by atoms with Crippen LogP contribution in [-0.2, 0) is 34.8 Å². The molecule has 1 aromatic carbocycles. The lowest BCUT2D eigenvalue weighted by molar-refractivity contribution is -0.688. The van der Waals surface area contributed by atoms with Crippen LogP contribution < -0.4 is 10.1 Å². The molecule has 0 spiro atoms. The Kier molecular flexibility index (Phi) is 5.09. The molecule has 1 atom stereocenters. The Balaban J connectivity index is 1.64. The zero-order valence-corrected chi connectivity index (χ0v) is 20.7. The fourth-order valence-electron chi connectivity index (χ4n) is 5.80. The van der Waals surface area contributed by atoms with Gasteiger partial charge in [-0.05, 0) is 49.1 Å². The summed E-state index contributed by atoms with van der Waals surface area (Å²) in [6, 6.07) is 12.1. The molecule has 7 heteroatoms. The van der Waals surface area contributed by atoms with Gasteiger partial charge in [0.1, 0.15) is 12.2 Å². The molecule has 4 aromatic rings.